The highest BCUT2D eigenvalue weighted by Crippen LogP contribution is 2.35. The summed E-state index contributed by atoms with van der Waals surface area (Å²) in [5.74, 6) is 0.131. The molecule has 0 aliphatic heterocycles. The quantitative estimate of drug-likeness (QED) is 0.730. The first-order valence-electron chi connectivity index (χ1n) is 7.35. The number of nitrogens with one attached hydrogen (secondary N) is 2. The van der Waals surface area contributed by atoms with Crippen molar-refractivity contribution in [2.45, 2.75) is 6.42 Å². The molecule has 25 heavy (non-hydrogen) atoms. The minimum absolute atomic E-state index is 0.0208. The molecule has 0 radical (unpaired) electrons. The smallest absolute Gasteiger partial charge is 0.226 e. The van der Waals surface area contributed by atoms with Gasteiger partial charge in [-0.05, 0) is 18.2 Å². The summed E-state index contributed by atoms with van der Waals surface area (Å²) >= 11 is 11.7. The van der Waals surface area contributed by atoms with Crippen molar-refractivity contribution < 1.29 is 18.7 Å². The van der Waals surface area contributed by atoms with E-state index in [2.05, 4.69) is 10.6 Å². The molecule has 0 aliphatic carbocycles. The summed E-state index contributed by atoms with van der Waals surface area (Å²) in [7, 11) is 2.96. The number of amides is 1. The maximum absolute atomic E-state index is 13.1. The van der Waals surface area contributed by atoms with E-state index in [9.17, 15) is 9.18 Å². The standard InChI is InChI=1S/C17H17Cl2FN2O3/c1-24-15-9-14(16(25-2)8-12(15)19)22-17(23)5-6-21-10-3-4-13(20)11(18)7-10/h3-4,7-9,21H,5-6H2,1-2H3,(H,22,23). The van der Waals surface area contributed by atoms with E-state index in [0.717, 1.165) is 0 Å². The monoisotopic (exact) mass is 386 g/mol. The lowest BCUT2D eigenvalue weighted by atomic mass is 10.2. The van der Waals surface area contributed by atoms with Crippen LogP contribution in [-0.2, 0) is 4.79 Å². The molecule has 0 saturated heterocycles. The normalized spacial score (nSPS) is 10.3. The van der Waals surface area contributed by atoms with Gasteiger partial charge >= 0.3 is 0 Å². The van der Waals surface area contributed by atoms with Crippen LogP contribution in [0.5, 0.6) is 11.5 Å². The summed E-state index contributed by atoms with van der Waals surface area (Å²) in [5.41, 5.74) is 1.09. The third-order valence-corrected chi connectivity index (χ3v) is 3.93. The zero-order valence-corrected chi connectivity index (χ0v) is 15.2. The van der Waals surface area contributed by atoms with E-state index in [1.54, 1.807) is 18.2 Å². The van der Waals surface area contributed by atoms with Gasteiger partial charge in [0.05, 0.1) is 30.0 Å². The molecule has 8 heteroatoms. The Labute approximate surface area is 155 Å². The minimum atomic E-state index is -0.492. The summed E-state index contributed by atoms with van der Waals surface area (Å²) in [6.07, 6.45) is 0.184. The highest BCUT2D eigenvalue weighted by molar-refractivity contribution is 6.32. The van der Waals surface area contributed by atoms with E-state index < -0.39 is 5.82 Å². The number of hydrogen-bond acceptors (Lipinski definition) is 4. The first-order chi connectivity index (χ1) is 11.9. The Morgan fingerprint density at radius 3 is 2.44 bits per heavy atom. The van der Waals surface area contributed by atoms with E-state index in [-0.39, 0.29) is 17.4 Å². The topological polar surface area (TPSA) is 59.6 Å². The van der Waals surface area contributed by atoms with Crippen LogP contribution in [0.1, 0.15) is 6.42 Å². The van der Waals surface area contributed by atoms with Crippen molar-refractivity contribution in [3.05, 3.63) is 46.2 Å². The fraction of sp³-hybridized carbons (Fsp3) is 0.235. The highest BCUT2D eigenvalue weighted by atomic mass is 35.5. The van der Waals surface area contributed by atoms with Gasteiger partial charge in [-0.1, -0.05) is 23.2 Å². The predicted molar refractivity (Wildman–Crippen MR) is 97.7 cm³/mol. The van der Waals surface area contributed by atoms with Crippen molar-refractivity contribution in [2.24, 2.45) is 0 Å². The Morgan fingerprint density at radius 1 is 1.08 bits per heavy atom. The summed E-state index contributed by atoms with van der Waals surface area (Å²) in [5, 5.41) is 6.14. The van der Waals surface area contributed by atoms with Crippen LogP contribution >= 0.6 is 23.2 Å². The first kappa shape index (κ1) is 19.1. The third kappa shape index (κ3) is 5.14. The number of hydrogen-bond donors (Lipinski definition) is 2. The van der Waals surface area contributed by atoms with E-state index in [4.69, 9.17) is 32.7 Å². The molecule has 0 bridgehead atoms. The molecule has 2 rings (SSSR count). The van der Waals surface area contributed by atoms with Gasteiger partial charge in [0.25, 0.3) is 0 Å². The minimum Gasteiger partial charge on any atom is -0.495 e. The second kappa shape index (κ2) is 8.78. The number of rotatable bonds is 7. The number of methoxy groups -OCH3 is 2. The fourth-order valence-electron chi connectivity index (χ4n) is 2.10. The molecule has 5 nitrogen and oxygen atoms in total. The number of carbonyl (C=O) groups excluding carboxylic acids is 1. The molecule has 0 spiro atoms. The Bertz CT molecular complexity index is 772. The Hall–Kier alpha value is -2.18. The van der Waals surface area contributed by atoms with Crippen LogP contribution < -0.4 is 20.1 Å². The summed E-state index contributed by atoms with van der Waals surface area (Å²) in [6.45, 7) is 0.348. The largest absolute Gasteiger partial charge is 0.495 e. The van der Waals surface area contributed by atoms with E-state index in [1.807, 2.05) is 0 Å². The molecular formula is C17H17Cl2FN2O3. The molecule has 0 atom stereocenters. The van der Waals surface area contributed by atoms with Crippen LogP contribution in [0.25, 0.3) is 0 Å². The van der Waals surface area contributed by atoms with E-state index in [1.165, 1.54) is 26.4 Å². The molecule has 2 aromatic rings. The third-order valence-electron chi connectivity index (χ3n) is 3.35. The van der Waals surface area contributed by atoms with Crippen molar-refractivity contribution in [1.82, 2.24) is 0 Å². The lowest BCUT2D eigenvalue weighted by Crippen LogP contribution is -2.16. The number of carbonyl (C=O) groups is 1. The van der Waals surface area contributed by atoms with Crippen molar-refractivity contribution in [3.63, 3.8) is 0 Å². The zero-order valence-electron chi connectivity index (χ0n) is 13.7. The molecule has 0 fully saturated rings. The number of ether oxygens (including phenoxy) is 2. The zero-order chi connectivity index (χ0) is 18.4. The number of benzene rings is 2. The van der Waals surface area contributed by atoms with Crippen LogP contribution in [0.2, 0.25) is 10.0 Å². The predicted octanol–water partition coefficient (Wildman–Crippen LogP) is 4.59. The van der Waals surface area contributed by atoms with Gasteiger partial charge in [0.1, 0.15) is 17.3 Å². The van der Waals surface area contributed by atoms with Gasteiger partial charge in [0.2, 0.25) is 5.91 Å². The van der Waals surface area contributed by atoms with Gasteiger partial charge < -0.3 is 20.1 Å². The van der Waals surface area contributed by atoms with Crippen LogP contribution in [0.3, 0.4) is 0 Å². The highest BCUT2D eigenvalue weighted by Gasteiger charge is 2.12. The molecular weight excluding hydrogens is 370 g/mol. The molecule has 2 N–H and O–H groups in total. The molecule has 0 unspecified atom stereocenters. The fourth-order valence-corrected chi connectivity index (χ4v) is 2.51. The van der Waals surface area contributed by atoms with Crippen molar-refractivity contribution in [2.75, 3.05) is 31.4 Å². The van der Waals surface area contributed by atoms with E-state index >= 15 is 0 Å². The van der Waals surface area contributed by atoms with Crippen LogP contribution in [-0.4, -0.2) is 26.7 Å². The Morgan fingerprint density at radius 2 is 1.80 bits per heavy atom. The Kier molecular flexibility index (Phi) is 6.73. The van der Waals surface area contributed by atoms with Gasteiger partial charge in [-0.25, -0.2) is 4.39 Å². The van der Waals surface area contributed by atoms with Crippen molar-refractivity contribution >= 4 is 40.5 Å². The molecule has 134 valence electrons. The van der Waals surface area contributed by atoms with Crippen LogP contribution in [0.15, 0.2) is 30.3 Å². The molecule has 0 heterocycles. The summed E-state index contributed by atoms with van der Waals surface area (Å²) < 4.78 is 23.4. The molecule has 0 aliphatic rings. The molecule has 0 aromatic heterocycles. The maximum Gasteiger partial charge on any atom is 0.226 e. The average molecular weight is 387 g/mol. The maximum atomic E-state index is 13.1. The van der Waals surface area contributed by atoms with Gasteiger partial charge in [-0.2, -0.15) is 0 Å². The molecule has 0 saturated carbocycles. The van der Waals surface area contributed by atoms with Crippen molar-refractivity contribution in [1.29, 1.82) is 0 Å². The molecule has 2 aromatic carbocycles. The van der Waals surface area contributed by atoms with Gasteiger partial charge in [-0.3, -0.25) is 4.79 Å². The van der Waals surface area contributed by atoms with E-state index in [0.29, 0.717) is 34.4 Å². The lowest BCUT2D eigenvalue weighted by Gasteiger charge is -2.13. The van der Waals surface area contributed by atoms with Gasteiger partial charge in [0, 0.05) is 30.8 Å². The van der Waals surface area contributed by atoms with Crippen LogP contribution in [0.4, 0.5) is 15.8 Å². The summed E-state index contributed by atoms with van der Waals surface area (Å²) in [4.78, 5) is 12.1. The lowest BCUT2D eigenvalue weighted by molar-refractivity contribution is -0.116. The number of halogens is 3. The first-order valence-corrected chi connectivity index (χ1v) is 8.10. The summed E-state index contributed by atoms with van der Waals surface area (Å²) in [6, 6.07) is 7.42. The number of anilines is 2. The van der Waals surface area contributed by atoms with Gasteiger partial charge in [0.15, 0.2) is 0 Å². The van der Waals surface area contributed by atoms with Crippen molar-refractivity contribution in [3.8, 4) is 11.5 Å². The SMILES string of the molecule is COc1cc(NC(=O)CCNc2ccc(F)c(Cl)c2)c(OC)cc1Cl. The second-order valence-electron chi connectivity index (χ2n) is 5.04. The molecule has 1 amide bonds. The van der Waals surface area contributed by atoms with Crippen LogP contribution in [0, 0.1) is 5.82 Å². The average Bonchev–Trinajstić information content (AvgIpc) is 2.59. The van der Waals surface area contributed by atoms with Gasteiger partial charge in [-0.15, -0.1) is 0 Å². The Balaban J connectivity index is 1.94. The second-order valence-corrected chi connectivity index (χ2v) is 5.86.